The van der Waals surface area contributed by atoms with Crippen LogP contribution in [0.15, 0.2) is 11.6 Å². The van der Waals surface area contributed by atoms with Crippen molar-refractivity contribution >= 4 is 11.3 Å². The largest absolute Gasteiger partial charge is 0.393 e. The van der Waals surface area contributed by atoms with E-state index in [2.05, 4.69) is 4.98 Å². The van der Waals surface area contributed by atoms with E-state index in [4.69, 9.17) is 0 Å². The van der Waals surface area contributed by atoms with E-state index in [1.54, 1.807) is 11.3 Å². The average Bonchev–Trinajstić information content (AvgIpc) is 2.60. The van der Waals surface area contributed by atoms with Crippen LogP contribution in [0.5, 0.6) is 0 Å². The molecular weight excluding hydrogens is 170 g/mol. The second-order valence-corrected chi connectivity index (χ2v) is 4.62. The quantitative estimate of drug-likeness (QED) is 0.775. The first kappa shape index (κ1) is 8.20. The summed E-state index contributed by atoms with van der Waals surface area (Å²) in [7, 11) is 0. The third-order valence-corrected chi connectivity index (χ3v) is 3.54. The molecule has 1 aromatic rings. The number of aromatic nitrogens is 1. The molecule has 0 spiro atoms. The summed E-state index contributed by atoms with van der Waals surface area (Å²) in [5, 5.41) is 12.7. The van der Waals surface area contributed by atoms with E-state index in [1.807, 2.05) is 18.5 Å². The summed E-state index contributed by atoms with van der Waals surface area (Å²) < 4.78 is 0. The Morgan fingerprint density at radius 2 is 2.50 bits per heavy atom. The Morgan fingerprint density at radius 3 is 2.92 bits per heavy atom. The van der Waals surface area contributed by atoms with Crippen LogP contribution in [0.3, 0.4) is 0 Å². The van der Waals surface area contributed by atoms with Gasteiger partial charge in [-0.15, -0.1) is 11.3 Å². The van der Waals surface area contributed by atoms with Gasteiger partial charge in [0, 0.05) is 23.4 Å². The van der Waals surface area contributed by atoms with Gasteiger partial charge in [0.2, 0.25) is 0 Å². The van der Waals surface area contributed by atoms with Crippen LogP contribution >= 0.6 is 11.3 Å². The van der Waals surface area contributed by atoms with Crippen molar-refractivity contribution in [2.45, 2.75) is 32.3 Å². The van der Waals surface area contributed by atoms with Gasteiger partial charge in [0.1, 0.15) is 0 Å². The van der Waals surface area contributed by atoms with Gasteiger partial charge in [-0.25, -0.2) is 4.98 Å². The zero-order valence-corrected chi connectivity index (χ0v) is 7.97. The lowest BCUT2D eigenvalue weighted by Crippen LogP contribution is -2.20. The highest BCUT2D eigenvalue weighted by Gasteiger charge is 2.47. The van der Waals surface area contributed by atoms with E-state index < -0.39 is 0 Å². The van der Waals surface area contributed by atoms with Gasteiger partial charge in [0.25, 0.3) is 0 Å². The van der Waals surface area contributed by atoms with Crippen molar-refractivity contribution < 1.29 is 5.11 Å². The molecule has 1 N–H and O–H groups in total. The highest BCUT2D eigenvalue weighted by Crippen LogP contribution is 2.51. The molecule has 2 nitrogen and oxygen atoms in total. The van der Waals surface area contributed by atoms with Gasteiger partial charge >= 0.3 is 0 Å². The minimum atomic E-state index is -0.179. The van der Waals surface area contributed by atoms with Gasteiger partial charge in [-0.2, -0.15) is 0 Å². The molecule has 3 heteroatoms. The molecule has 66 valence electrons. The van der Waals surface area contributed by atoms with E-state index >= 15 is 0 Å². The van der Waals surface area contributed by atoms with Crippen LogP contribution in [-0.2, 0) is 6.42 Å². The molecule has 1 heterocycles. The van der Waals surface area contributed by atoms with Crippen molar-refractivity contribution in [2.24, 2.45) is 5.41 Å². The van der Waals surface area contributed by atoms with Gasteiger partial charge in [-0.05, 0) is 19.8 Å². The predicted octanol–water partition coefficient (Wildman–Crippen LogP) is 1.85. The van der Waals surface area contributed by atoms with E-state index in [9.17, 15) is 5.11 Å². The molecule has 2 rings (SSSR count). The molecule has 1 fully saturated rings. The molecule has 1 aliphatic rings. The Morgan fingerprint density at radius 1 is 1.75 bits per heavy atom. The zero-order valence-electron chi connectivity index (χ0n) is 7.16. The Balaban J connectivity index is 2.04. The highest BCUT2D eigenvalue weighted by atomic mass is 32.1. The molecule has 0 aliphatic heterocycles. The number of thiazole rings is 1. The number of hydrogen-bond donors (Lipinski definition) is 1. The fourth-order valence-corrected chi connectivity index (χ4v) is 2.32. The first-order chi connectivity index (χ1) is 5.73. The number of aliphatic hydroxyl groups is 1. The second-order valence-electron chi connectivity index (χ2n) is 3.64. The molecule has 1 aliphatic carbocycles. The van der Waals surface area contributed by atoms with Crippen LogP contribution in [0.2, 0.25) is 0 Å². The summed E-state index contributed by atoms with van der Waals surface area (Å²) in [6.07, 6.45) is 4.93. The third kappa shape index (κ3) is 1.39. The number of rotatable bonds is 3. The molecule has 1 aromatic heterocycles. The molecular formula is C9H13NOS. The molecule has 1 saturated carbocycles. The molecule has 0 aromatic carbocycles. The molecule has 12 heavy (non-hydrogen) atoms. The lowest BCUT2D eigenvalue weighted by Gasteiger charge is -2.16. The van der Waals surface area contributed by atoms with E-state index in [1.165, 1.54) is 0 Å². The van der Waals surface area contributed by atoms with Crippen LogP contribution in [0.25, 0.3) is 0 Å². The van der Waals surface area contributed by atoms with Gasteiger partial charge in [0.05, 0.1) is 11.1 Å². The summed E-state index contributed by atoms with van der Waals surface area (Å²) >= 11 is 1.68. The third-order valence-electron chi connectivity index (χ3n) is 2.77. The fraction of sp³-hybridized carbons (Fsp3) is 0.667. The van der Waals surface area contributed by atoms with Gasteiger partial charge in [-0.3, -0.25) is 0 Å². The molecule has 1 atom stereocenters. The van der Waals surface area contributed by atoms with Crippen molar-refractivity contribution in [2.75, 3.05) is 0 Å². The van der Waals surface area contributed by atoms with E-state index in [0.29, 0.717) is 0 Å². The van der Waals surface area contributed by atoms with Crippen molar-refractivity contribution in [3.8, 4) is 0 Å². The maximum absolute atomic E-state index is 9.52. The van der Waals surface area contributed by atoms with Crippen LogP contribution < -0.4 is 0 Å². The lowest BCUT2D eigenvalue weighted by atomic mass is 9.97. The van der Waals surface area contributed by atoms with Crippen molar-refractivity contribution in [1.29, 1.82) is 0 Å². The summed E-state index contributed by atoms with van der Waals surface area (Å²) in [6.45, 7) is 1.89. The van der Waals surface area contributed by atoms with Crippen LogP contribution in [0.4, 0.5) is 0 Å². The topological polar surface area (TPSA) is 33.1 Å². The Hall–Kier alpha value is -0.410. The first-order valence-electron chi connectivity index (χ1n) is 4.29. The summed E-state index contributed by atoms with van der Waals surface area (Å²) in [5.74, 6) is 0. The van der Waals surface area contributed by atoms with Crippen LogP contribution in [0.1, 0.15) is 24.8 Å². The first-order valence-corrected chi connectivity index (χ1v) is 5.17. The van der Waals surface area contributed by atoms with Crippen LogP contribution in [0, 0.1) is 5.41 Å². The SMILES string of the molecule is CC(O)C1(Cc2nccs2)CC1. The summed E-state index contributed by atoms with van der Waals surface area (Å²) in [4.78, 5) is 4.23. The Kier molecular flexibility index (Phi) is 1.93. The number of nitrogens with zero attached hydrogens (tertiary/aromatic N) is 1. The molecule has 1 unspecified atom stereocenters. The van der Waals surface area contributed by atoms with E-state index in [-0.39, 0.29) is 11.5 Å². The maximum atomic E-state index is 9.52. The minimum Gasteiger partial charge on any atom is -0.393 e. The summed E-state index contributed by atoms with van der Waals surface area (Å²) in [5.41, 5.74) is 0.178. The predicted molar refractivity (Wildman–Crippen MR) is 49.2 cm³/mol. The molecule has 0 bridgehead atoms. The fourth-order valence-electron chi connectivity index (χ4n) is 1.54. The van der Waals surface area contributed by atoms with Crippen LogP contribution in [-0.4, -0.2) is 16.2 Å². The Labute approximate surface area is 76.3 Å². The number of aliphatic hydroxyl groups excluding tert-OH is 1. The van der Waals surface area contributed by atoms with Gasteiger partial charge in [0.15, 0.2) is 0 Å². The smallest absolute Gasteiger partial charge is 0.0931 e. The van der Waals surface area contributed by atoms with Crippen molar-refractivity contribution in [1.82, 2.24) is 4.98 Å². The monoisotopic (exact) mass is 183 g/mol. The average molecular weight is 183 g/mol. The standard InChI is InChI=1S/C9H13NOS/c1-7(11)9(2-3-9)6-8-10-4-5-12-8/h4-5,7,11H,2-3,6H2,1H3. The highest BCUT2D eigenvalue weighted by molar-refractivity contribution is 7.09. The second kappa shape index (κ2) is 2.82. The molecule has 0 radical (unpaired) electrons. The van der Waals surface area contributed by atoms with Gasteiger partial charge < -0.3 is 5.11 Å². The Bertz CT molecular complexity index is 252. The molecule has 0 amide bonds. The van der Waals surface area contributed by atoms with Crippen molar-refractivity contribution in [3.05, 3.63) is 16.6 Å². The van der Waals surface area contributed by atoms with Crippen molar-refractivity contribution in [3.63, 3.8) is 0 Å². The molecule has 0 saturated heterocycles. The minimum absolute atomic E-state index is 0.178. The van der Waals surface area contributed by atoms with Gasteiger partial charge in [-0.1, -0.05) is 0 Å². The van der Waals surface area contributed by atoms with E-state index in [0.717, 1.165) is 24.3 Å². The summed E-state index contributed by atoms with van der Waals surface area (Å²) in [6, 6.07) is 0. The normalized spacial score (nSPS) is 22.2. The maximum Gasteiger partial charge on any atom is 0.0931 e. The lowest BCUT2D eigenvalue weighted by molar-refractivity contribution is 0.110. The number of hydrogen-bond acceptors (Lipinski definition) is 3. The zero-order chi connectivity index (χ0) is 8.60.